The summed E-state index contributed by atoms with van der Waals surface area (Å²) < 4.78 is 0. The zero-order valence-corrected chi connectivity index (χ0v) is 10.1. The van der Waals surface area contributed by atoms with Crippen LogP contribution < -0.4 is 5.32 Å². The van der Waals surface area contributed by atoms with Crippen molar-refractivity contribution >= 4 is 17.2 Å². The molecule has 0 unspecified atom stereocenters. The molecular formula is C12H14N2OS. The molecule has 3 nitrogen and oxygen atoms in total. The lowest BCUT2D eigenvalue weighted by atomic mass is 9.69. The van der Waals surface area contributed by atoms with E-state index < -0.39 is 5.41 Å². The van der Waals surface area contributed by atoms with Gasteiger partial charge in [-0.25, -0.2) is 0 Å². The third kappa shape index (κ3) is 1.83. The highest BCUT2D eigenvalue weighted by atomic mass is 32.1. The van der Waals surface area contributed by atoms with Crippen molar-refractivity contribution in [3.8, 4) is 6.07 Å². The quantitative estimate of drug-likeness (QED) is 0.873. The lowest BCUT2D eigenvalue weighted by Crippen LogP contribution is -2.44. The van der Waals surface area contributed by atoms with Gasteiger partial charge in [-0.1, -0.05) is 0 Å². The van der Waals surface area contributed by atoms with E-state index in [1.807, 2.05) is 12.3 Å². The Morgan fingerprint density at radius 2 is 2.38 bits per heavy atom. The van der Waals surface area contributed by atoms with Crippen LogP contribution in [0.2, 0.25) is 0 Å². The van der Waals surface area contributed by atoms with Gasteiger partial charge in [-0.15, -0.1) is 0 Å². The molecule has 16 heavy (non-hydrogen) atoms. The van der Waals surface area contributed by atoms with E-state index in [1.165, 1.54) is 5.56 Å². The van der Waals surface area contributed by atoms with Crippen molar-refractivity contribution in [1.82, 2.24) is 5.32 Å². The largest absolute Gasteiger partial charge is 0.351 e. The first-order chi connectivity index (χ1) is 7.68. The molecule has 1 saturated carbocycles. The van der Waals surface area contributed by atoms with Crippen LogP contribution in [0.15, 0.2) is 10.8 Å². The second-order valence-electron chi connectivity index (χ2n) is 4.31. The number of thiophene rings is 1. The summed E-state index contributed by atoms with van der Waals surface area (Å²) in [5.41, 5.74) is 1.61. The molecule has 0 saturated heterocycles. The Bertz CT molecular complexity index is 440. The summed E-state index contributed by atoms with van der Waals surface area (Å²) in [5.74, 6) is -0.105. The average Bonchev–Trinajstić information content (AvgIpc) is 2.60. The lowest BCUT2D eigenvalue weighted by Gasteiger charge is -2.33. The number of amides is 1. The minimum Gasteiger partial charge on any atom is -0.351 e. The molecule has 1 aliphatic carbocycles. The molecule has 0 aliphatic heterocycles. The van der Waals surface area contributed by atoms with Crippen molar-refractivity contribution in [3.05, 3.63) is 21.9 Å². The number of rotatable bonds is 3. The fourth-order valence-corrected chi connectivity index (χ4v) is 2.69. The molecule has 1 heterocycles. The molecule has 84 valence electrons. The third-order valence-electron chi connectivity index (χ3n) is 3.26. The van der Waals surface area contributed by atoms with E-state index in [0.717, 1.165) is 12.0 Å². The standard InChI is InChI=1S/C12H14N2OS/c1-9-6-16-7-10(9)5-14-11(15)12(8-13)3-2-4-12/h6-7H,2-5H2,1H3,(H,14,15). The molecular weight excluding hydrogens is 220 g/mol. The lowest BCUT2D eigenvalue weighted by molar-refractivity contribution is -0.131. The molecule has 0 aromatic carbocycles. The topological polar surface area (TPSA) is 52.9 Å². The van der Waals surface area contributed by atoms with Crippen LogP contribution >= 0.6 is 11.3 Å². The van der Waals surface area contributed by atoms with Crippen LogP contribution in [0.1, 0.15) is 30.4 Å². The molecule has 0 atom stereocenters. The summed E-state index contributed by atoms with van der Waals surface area (Å²) in [5, 5.41) is 16.0. The van der Waals surface area contributed by atoms with Gasteiger partial charge in [0.25, 0.3) is 0 Å². The molecule has 1 aromatic heterocycles. The number of carbonyl (C=O) groups is 1. The molecule has 1 N–H and O–H groups in total. The number of aryl methyl sites for hydroxylation is 1. The Balaban J connectivity index is 1.94. The number of nitriles is 1. The van der Waals surface area contributed by atoms with Crippen LogP contribution in [0.25, 0.3) is 0 Å². The maximum Gasteiger partial charge on any atom is 0.240 e. The van der Waals surface area contributed by atoms with Crippen LogP contribution in [0, 0.1) is 23.7 Å². The molecule has 1 aliphatic rings. The van der Waals surface area contributed by atoms with E-state index in [2.05, 4.69) is 16.8 Å². The Hall–Kier alpha value is -1.34. The van der Waals surface area contributed by atoms with Crippen molar-refractivity contribution in [2.45, 2.75) is 32.7 Å². The number of hydrogen-bond donors (Lipinski definition) is 1. The predicted octanol–water partition coefficient (Wildman–Crippen LogP) is 2.37. The fraction of sp³-hybridized carbons (Fsp3) is 0.500. The first-order valence-corrected chi connectivity index (χ1v) is 6.33. The monoisotopic (exact) mass is 234 g/mol. The Kier molecular flexibility index (Phi) is 2.97. The molecule has 1 amide bonds. The van der Waals surface area contributed by atoms with Gasteiger partial charge in [0.1, 0.15) is 5.41 Å². The highest BCUT2D eigenvalue weighted by Crippen LogP contribution is 2.40. The van der Waals surface area contributed by atoms with Crippen LogP contribution in [0.5, 0.6) is 0 Å². The van der Waals surface area contributed by atoms with Gasteiger partial charge in [0.2, 0.25) is 5.91 Å². The van der Waals surface area contributed by atoms with E-state index >= 15 is 0 Å². The number of carbonyl (C=O) groups excluding carboxylic acids is 1. The van der Waals surface area contributed by atoms with Gasteiger partial charge in [0.15, 0.2) is 0 Å². The number of hydrogen-bond acceptors (Lipinski definition) is 3. The highest BCUT2D eigenvalue weighted by Gasteiger charge is 2.44. The van der Waals surface area contributed by atoms with Crippen molar-refractivity contribution in [2.24, 2.45) is 5.41 Å². The van der Waals surface area contributed by atoms with Gasteiger partial charge < -0.3 is 5.32 Å². The molecule has 0 radical (unpaired) electrons. The fourth-order valence-electron chi connectivity index (χ4n) is 1.83. The van der Waals surface area contributed by atoms with E-state index in [1.54, 1.807) is 11.3 Å². The molecule has 1 aromatic rings. The summed E-state index contributed by atoms with van der Waals surface area (Å²) in [6.45, 7) is 2.57. The Morgan fingerprint density at radius 3 is 2.81 bits per heavy atom. The summed E-state index contributed by atoms with van der Waals surface area (Å²) in [7, 11) is 0. The third-order valence-corrected chi connectivity index (χ3v) is 4.17. The van der Waals surface area contributed by atoms with Gasteiger partial charge in [0.05, 0.1) is 6.07 Å². The van der Waals surface area contributed by atoms with Gasteiger partial charge in [-0.3, -0.25) is 4.79 Å². The first-order valence-electron chi connectivity index (χ1n) is 5.39. The zero-order chi connectivity index (χ0) is 11.6. The van der Waals surface area contributed by atoms with Gasteiger partial charge in [-0.05, 0) is 48.1 Å². The second-order valence-corrected chi connectivity index (χ2v) is 5.05. The normalized spacial score (nSPS) is 17.2. The Morgan fingerprint density at radius 1 is 1.62 bits per heavy atom. The highest BCUT2D eigenvalue weighted by molar-refractivity contribution is 7.08. The predicted molar refractivity (Wildman–Crippen MR) is 62.8 cm³/mol. The summed E-state index contributed by atoms with van der Waals surface area (Å²) >= 11 is 1.63. The smallest absolute Gasteiger partial charge is 0.240 e. The van der Waals surface area contributed by atoms with Crippen molar-refractivity contribution < 1.29 is 4.79 Å². The minimum atomic E-state index is -0.732. The summed E-state index contributed by atoms with van der Waals surface area (Å²) in [6.07, 6.45) is 2.40. The van der Waals surface area contributed by atoms with Crippen LogP contribution in [-0.4, -0.2) is 5.91 Å². The molecule has 1 fully saturated rings. The molecule has 4 heteroatoms. The van der Waals surface area contributed by atoms with Crippen molar-refractivity contribution in [1.29, 1.82) is 5.26 Å². The zero-order valence-electron chi connectivity index (χ0n) is 9.25. The van der Waals surface area contributed by atoms with Crippen LogP contribution in [0.3, 0.4) is 0 Å². The Labute approximate surface area is 99.1 Å². The van der Waals surface area contributed by atoms with E-state index in [4.69, 9.17) is 5.26 Å². The van der Waals surface area contributed by atoms with Crippen LogP contribution in [0.4, 0.5) is 0 Å². The van der Waals surface area contributed by atoms with Crippen molar-refractivity contribution in [3.63, 3.8) is 0 Å². The van der Waals surface area contributed by atoms with E-state index in [9.17, 15) is 4.79 Å². The van der Waals surface area contributed by atoms with Crippen LogP contribution in [-0.2, 0) is 11.3 Å². The summed E-state index contributed by atoms with van der Waals surface area (Å²) in [6, 6.07) is 2.15. The van der Waals surface area contributed by atoms with Gasteiger partial charge >= 0.3 is 0 Å². The number of nitrogens with one attached hydrogen (secondary N) is 1. The van der Waals surface area contributed by atoms with Gasteiger partial charge in [0, 0.05) is 6.54 Å². The first kappa shape index (κ1) is 11.2. The maximum atomic E-state index is 11.9. The average molecular weight is 234 g/mol. The molecule has 2 rings (SSSR count). The number of nitrogens with zero attached hydrogens (tertiary/aromatic N) is 1. The van der Waals surface area contributed by atoms with E-state index in [0.29, 0.717) is 19.4 Å². The second kappa shape index (κ2) is 4.26. The van der Waals surface area contributed by atoms with Gasteiger partial charge in [-0.2, -0.15) is 16.6 Å². The minimum absolute atomic E-state index is 0.105. The molecule has 0 spiro atoms. The van der Waals surface area contributed by atoms with Crippen molar-refractivity contribution in [2.75, 3.05) is 0 Å². The maximum absolute atomic E-state index is 11.9. The summed E-state index contributed by atoms with van der Waals surface area (Å²) in [4.78, 5) is 11.9. The SMILES string of the molecule is Cc1cscc1CNC(=O)C1(C#N)CCC1. The van der Waals surface area contributed by atoms with E-state index in [-0.39, 0.29) is 5.91 Å². The molecule has 0 bridgehead atoms.